The zero-order valence-corrected chi connectivity index (χ0v) is 13.7. The molecule has 0 aliphatic heterocycles. The van der Waals surface area contributed by atoms with Crippen LogP contribution in [0.1, 0.15) is 51.9 Å². The Hall–Kier alpha value is -2.10. The molecule has 0 bridgehead atoms. The summed E-state index contributed by atoms with van der Waals surface area (Å²) in [5.74, 6) is -0.0558. The molecule has 0 saturated carbocycles. The van der Waals surface area contributed by atoms with E-state index in [9.17, 15) is 9.59 Å². The van der Waals surface area contributed by atoms with Crippen molar-refractivity contribution in [2.45, 2.75) is 46.0 Å². The predicted molar refractivity (Wildman–Crippen MR) is 86.2 cm³/mol. The minimum absolute atomic E-state index is 0.0934. The Morgan fingerprint density at radius 1 is 1.27 bits per heavy atom. The SMILES string of the molecule is CCOC(=O)C(C)c1ccc2oc(C(C)(C)C)cc(=O)c2c1. The van der Waals surface area contributed by atoms with Crippen LogP contribution in [0.2, 0.25) is 0 Å². The van der Waals surface area contributed by atoms with Gasteiger partial charge in [0.2, 0.25) is 0 Å². The number of hydrogen-bond acceptors (Lipinski definition) is 4. The van der Waals surface area contributed by atoms with Crippen LogP contribution in [0.5, 0.6) is 0 Å². The van der Waals surface area contributed by atoms with Gasteiger partial charge < -0.3 is 9.15 Å². The van der Waals surface area contributed by atoms with Crippen LogP contribution < -0.4 is 5.43 Å². The lowest BCUT2D eigenvalue weighted by Crippen LogP contribution is -2.16. The van der Waals surface area contributed by atoms with Gasteiger partial charge in [0.15, 0.2) is 5.43 Å². The molecule has 1 aromatic heterocycles. The summed E-state index contributed by atoms with van der Waals surface area (Å²) in [7, 11) is 0. The van der Waals surface area contributed by atoms with Gasteiger partial charge in [-0.15, -0.1) is 0 Å². The van der Waals surface area contributed by atoms with Gasteiger partial charge in [-0.2, -0.15) is 0 Å². The third-order valence-corrected chi connectivity index (χ3v) is 3.63. The number of rotatable bonds is 3. The van der Waals surface area contributed by atoms with Gasteiger partial charge in [0.05, 0.1) is 17.9 Å². The molecule has 22 heavy (non-hydrogen) atoms. The molecule has 1 atom stereocenters. The smallest absolute Gasteiger partial charge is 0.313 e. The Bertz CT molecular complexity index is 750. The monoisotopic (exact) mass is 302 g/mol. The van der Waals surface area contributed by atoms with Crippen LogP contribution in [0.25, 0.3) is 11.0 Å². The van der Waals surface area contributed by atoms with Crippen molar-refractivity contribution in [1.29, 1.82) is 0 Å². The van der Waals surface area contributed by atoms with Crippen molar-refractivity contribution in [3.8, 4) is 0 Å². The van der Waals surface area contributed by atoms with E-state index in [0.717, 1.165) is 5.56 Å². The van der Waals surface area contributed by atoms with E-state index in [1.54, 1.807) is 32.0 Å². The van der Waals surface area contributed by atoms with Crippen LogP contribution >= 0.6 is 0 Å². The molecule has 0 fully saturated rings. The van der Waals surface area contributed by atoms with Crippen LogP contribution in [-0.4, -0.2) is 12.6 Å². The van der Waals surface area contributed by atoms with Gasteiger partial charge in [0, 0.05) is 11.5 Å². The fourth-order valence-electron chi connectivity index (χ4n) is 2.22. The Morgan fingerprint density at radius 2 is 1.95 bits per heavy atom. The number of hydrogen-bond donors (Lipinski definition) is 0. The zero-order chi connectivity index (χ0) is 16.5. The normalized spacial score (nSPS) is 13.1. The van der Waals surface area contributed by atoms with Crippen LogP contribution in [0.4, 0.5) is 0 Å². The highest BCUT2D eigenvalue weighted by Crippen LogP contribution is 2.26. The molecular formula is C18H22O4. The van der Waals surface area contributed by atoms with Crippen LogP contribution in [0, 0.1) is 0 Å². The standard InChI is InChI=1S/C18H22O4/c1-6-21-17(20)11(2)12-7-8-15-13(9-12)14(19)10-16(22-15)18(3,4)5/h7-11H,6H2,1-5H3. The Labute approximate surface area is 130 Å². The lowest BCUT2D eigenvalue weighted by atomic mass is 9.92. The summed E-state index contributed by atoms with van der Waals surface area (Å²) in [6.07, 6.45) is 0. The molecule has 0 amide bonds. The molecule has 0 saturated heterocycles. The summed E-state index contributed by atoms with van der Waals surface area (Å²) >= 11 is 0. The van der Waals surface area contributed by atoms with Crippen LogP contribution in [0.3, 0.4) is 0 Å². The minimum atomic E-state index is -0.411. The Balaban J connectivity index is 2.50. The molecule has 1 heterocycles. The first-order valence-corrected chi connectivity index (χ1v) is 7.49. The highest BCUT2D eigenvalue weighted by molar-refractivity contribution is 5.82. The molecule has 118 valence electrons. The van der Waals surface area contributed by atoms with Gasteiger partial charge in [-0.05, 0) is 31.5 Å². The lowest BCUT2D eigenvalue weighted by Gasteiger charge is -2.17. The van der Waals surface area contributed by atoms with Gasteiger partial charge in [-0.1, -0.05) is 26.8 Å². The van der Waals surface area contributed by atoms with Gasteiger partial charge in [-0.3, -0.25) is 9.59 Å². The Morgan fingerprint density at radius 3 is 2.55 bits per heavy atom. The highest BCUT2D eigenvalue weighted by Gasteiger charge is 2.20. The molecule has 0 aliphatic rings. The summed E-state index contributed by atoms with van der Waals surface area (Å²) in [5, 5.41) is 0.488. The molecule has 1 aromatic carbocycles. The maximum atomic E-state index is 12.3. The molecular weight excluding hydrogens is 280 g/mol. The van der Waals surface area contributed by atoms with Gasteiger partial charge in [-0.25, -0.2) is 0 Å². The average molecular weight is 302 g/mol. The second kappa shape index (κ2) is 5.95. The molecule has 4 heteroatoms. The van der Waals surface area contributed by atoms with Crippen molar-refractivity contribution in [3.63, 3.8) is 0 Å². The fourth-order valence-corrected chi connectivity index (χ4v) is 2.22. The maximum Gasteiger partial charge on any atom is 0.313 e. The van der Waals surface area contributed by atoms with Gasteiger partial charge in [0.25, 0.3) is 0 Å². The Kier molecular flexibility index (Phi) is 4.40. The van der Waals surface area contributed by atoms with E-state index in [-0.39, 0.29) is 16.8 Å². The summed E-state index contributed by atoms with van der Waals surface area (Å²) < 4.78 is 10.9. The van der Waals surface area contributed by atoms with E-state index in [2.05, 4.69) is 0 Å². The maximum absolute atomic E-state index is 12.3. The summed E-state index contributed by atoms with van der Waals surface area (Å²) in [5.41, 5.74) is 0.965. The van der Waals surface area contributed by atoms with E-state index in [4.69, 9.17) is 9.15 Å². The van der Waals surface area contributed by atoms with E-state index >= 15 is 0 Å². The quantitative estimate of drug-likeness (QED) is 0.810. The molecule has 4 nitrogen and oxygen atoms in total. The fraction of sp³-hybridized carbons (Fsp3) is 0.444. The van der Waals surface area contributed by atoms with Gasteiger partial charge in [0.1, 0.15) is 11.3 Å². The van der Waals surface area contributed by atoms with Crippen LogP contribution in [-0.2, 0) is 14.9 Å². The number of fused-ring (bicyclic) bond motifs is 1. The molecule has 2 aromatic rings. The lowest BCUT2D eigenvalue weighted by molar-refractivity contribution is -0.144. The van der Waals surface area contributed by atoms with Crippen molar-refractivity contribution in [2.75, 3.05) is 6.61 Å². The molecule has 1 unspecified atom stereocenters. The topological polar surface area (TPSA) is 56.5 Å². The molecule has 2 rings (SSSR count). The van der Waals surface area contributed by atoms with Crippen LogP contribution in [0.15, 0.2) is 33.5 Å². The van der Waals surface area contributed by atoms with E-state index in [0.29, 0.717) is 23.3 Å². The summed E-state index contributed by atoms with van der Waals surface area (Å²) in [4.78, 5) is 24.2. The van der Waals surface area contributed by atoms with E-state index in [1.807, 2.05) is 20.8 Å². The van der Waals surface area contributed by atoms with Crippen molar-refractivity contribution >= 4 is 16.9 Å². The van der Waals surface area contributed by atoms with Crippen molar-refractivity contribution in [2.24, 2.45) is 0 Å². The number of benzene rings is 1. The third-order valence-electron chi connectivity index (χ3n) is 3.63. The summed E-state index contributed by atoms with van der Waals surface area (Å²) in [6.45, 7) is 9.86. The molecule has 0 spiro atoms. The first kappa shape index (κ1) is 16.3. The first-order valence-electron chi connectivity index (χ1n) is 7.49. The minimum Gasteiger partial charge on any atom is -0.466 e. The number of ether oxygens (including phenoxy) is 1. The molecule has 0 N–H and O–H groups in total. The van der Waals surface area contributed by atoms with E-state index < -0.39 is 5.92 Å². The van der Waals surface area contributed by atoms with Crippen molar-refractivity contribution in [3.05, 3.63) is 45.8 Å². The van der Waals surface area contributed by atoms with Crippen molar-refractivity contribution < 1.29 is 13.9 Å². The van der Waals surface area contributed by atoms with E-state index in [1.165, 1.54) is 6.07 Å². The predicted octanol–water partition coefficient (Wildman–Crippen LogP) is 3.76. The number of carbonyl (C=O) groups is 1. The highest BCUT2D eigenvalue weighted by atomic mass is 16.5. The van der Waals surface area contributed by atoms with Gasteiger partial charge >= 0.3 is 5.97 Å². The average Bonchev–Trinajstić information content (AvgIpc) is 2.45. The first-order chi connectivity index (χ1) is 10.2. The zero-order valence-electron chi connectivity index (χ0n) is 13.7. The third kappa shape index (κ3) is 3.21. The number of esters is 1. The second-order valence-corrected chi connectivity index (χ2v) is 6.45. The number of carbonyl (C=O) groups excluding carboxylic acids is 1. The molecule has 0 radical (unpaired) electrons. The van der Waals surface area contributed by atoms with Crippen molar-refractivity contribution in [1.82, 2.24) is 0 Å². The largest absolute Gasteiger partial charge is 0.466 e. The second-order valence-electron chi connectivity index (χ2n) is 6.45. The molecule has 0 aliphatic carbocycles. The summed E-state index contributed by atoms with van der Waals surface area (Å²) in [6, 6.07) is 6.80.